The van der Waals surface area contributed by atoms with Crippen molar-refractivity contribution in [2.75, 3.05) is 0 Å². The monoisotopic (exact) mass is 320 g/mol. The second kappa shape index (κ2) is 5.32. The highest BCUT2D eigenvalue weighted by Gasteiger charge is 2.24. The van der Waals surface area contributed by atoms with Crippen LogP contribution in [0.25, 0.3) is 0 Å². The summed E-state index contributed by atoms with van der Waals surface area (Å²) >= 11 is 0. The van der Waals surface area contributed by atoms with Crippen molar-refractivity contribution < 1.29 is 18.6 Å². The lowest BCUT2D eigenvalue weighted by Crippen LogP contribution is -2.06. The lowest BCUT2D eigenvalue weighted by Gasteiger charge is -2.14. The van der Waals surface area contributed by atoms with Crippen LogP contribution in [0, 0.1) is 34.6 Å². The summed E-state index contributed by atoms with van der Waals surface area (Å²) in [6.07, 6.45) is 0. The number of phenolic OH excluding ortho intramolecular Hbond substituents is 2. The van der Waals surface area contributed by atoms with E-state index in [1.807, 2.05) is 0 Å². The van der Waals surface area contributed by atoms with E-state index in [-0.39, 0.29) is 21.3 Å². The number of benzene rings is 2. The van der Waals surface area contributed by atoms with E-state index in [9.17, 15) is 18.6 Å². The van der Waals surface area contributed by atoms with Crippen LogP contribution in [0.5, 0.6) is 11.5 Å². The van der Waals surface area contributed by atoms with Crippen LogP contribution in [0.15, 0.2) is 28.0 Å². The van der Waals surface area contributed by atoms with Gasteiger partial charge in [-0.2, -0.15) is 0 Å². The van der Waals surface area contributed by atoms with Crippen molar-refractivity contribution in [2.24, 2.45) is 0 Å². The van der Waals surface area contributed by atoms with Crippen molar-refractivity contribution >= 4 is 9.84 Å². The first-order valence-electron chi connectivity index (χ1n) is 6.92. The molecule has 0 radical (unpaired) electrons. The third-order valence-corrected chi connectivity index (χ3v) is 6.09. The molecule has 0 spiro atoms. The SMILES string of the molecule is Cc1cc(S(=O)(=O)c2cc(C)c(C)c(O)c2C)cc(O)c1C. The Balaban J connectivity index is 2.77. The molecule has 2 rings (SSSR count). The van der Waals surface area contributed by atoms with Gasteiger partial charge < -0.3 is 10.2 Å². The second-order valence-corrected chi connectivity index (χ2v) is 7.60. The molecule has 0 aliphatic carbocycles. The molecular formula is C17H20O4S. The molecule has 4 nitrogen and oxygen atoms in total. The van der Waals surface area contributed by atoms with Crippen LogP contribution in [0.1, 0.15) is 27.8 Å². The van der Waals surface area contributed by atoms with Crippen LogP contribution in [0.3, 0.4) is 0 Å². The van der Waals surface area contributed by atoms with Crippen molar-refractivity contribution in [1.82, 2.24) is 0 Å². The molecule has 2 aromatic carbocycles. The maximum atomic E-state index is 12.9. The Hall–Kier alpha value is -2.01. The van der Waals surface area contributed by atoms with Gasteiger partial charge in [0.1, 0.15) is 11.5 Å². The fourth-order valence-corrected chi connectivity index (χ4v) is 4.05. The highest BCUT2D eigenvalue weighted by Crippen LogP contribution is 2.35. The van der Waals surface area contributed by atoms with E-state index in [0.717, 1.165) is 0 Å². The Morgan fingerprint density at radius 3 is 1.86 bits per heavy atom. The minimum Gasteiger partial charge on any atom is -0.508 e. The van der Waals surface area contributed by atoms with Gasteiger partial charge in [0.25, 0.3) is 0 Å². The van der Waals surface area contributed by atoms with Gasteiger partial charge in [-0.05, 0) is 75.1 Å². The van der Waals surface area contributed by atoms with Crippen molar-refractivity contribution in [3.63, 3.8) is 0 Å². The number of aromatic hydroxyl groups is 2. The second-order valence-electron chi connectivity index (χ2n) is 5.68. The van der Waals surface area contributed by atoms with Crippen LogP contribution in [0.2, 0.25) is 0 Å². The largest absolute Gasteiger partial charge is 0.508 e. The van der Waals surface area contributed by atoms with Gasteiger partial charge in [-0.15, -0.1) is 0 Å². The average Bonchev–Trinajstić information content (AvgIpc) is 2.45. The van der Waals surface area contributed by atoms with E-state index >= 15 is 0 Å². The molecule has 0 aliphatic rings. The van der Waals surface area contributed by atoms with Gasteiger partial charge in [0.15, 0.2) is 0 Å². The van der Waals surface area contributed by atoms with Gasteiger partial charge in [0.2, 0.25) is 9.84 Å². The molecule has 2 aromatic rings. The summed E-state index contributed by atoms with van der Waals surface area (Å²) in [5.41, 5.74) is 3.04. The third-order valence-electron chi connectivity index (χ3n) is 4.23. The van der Waals surface area contributed by atoms with E-state index in [2.05, 4.69) is 0 Å². The molecule has 0 unspecified atom stereocenters. The molecule has 0 heterocycles. The predicted octanol–water partition coefficient (Wildman–Crippen LogP) is 3.47. The quantitative estimate of drug-likeness (QED) is 0.888. The molecule has 5 heteroatoms. The molecule has 22 heavy (non-hydrogen) atoms. The number of sulfone groups is 1. The topological polar surface area (TPSA) is 74.6 Å². The number of rotatable bonds is 2. The Morgan fingerprint density at radius 2 is 1.32 bits per heavy atom. The van der Waals surface area contributed by atoms with Gasteiger partial charge in [0.05, 0.1) is 9.79 Å². The Bertz CT molecular complexity index is 842. The minimum atomic E-state index is -3.81. The van der Waals surface area contributed by atoms with E-state index < -0.39 is 9.84 Å². The fourth-order valence-electron chi connectivity index (χ4n) is 2.37. The summed E-state index contributed by atoms with van der Waals surface area (Å²) < 4.78 is 25.7. The van der Waals surface area contributed by atoms with Gasteiger partial charge in [-0.3, -0.25) is 0 Å². The minimum absolute atomic E-state index is 0.00775. The Morgan fingerprint density at radius 1 is 0.773 bits per heavy atom. The zero-order valence-corrected chi connectivity index (χ0v) is 14.2. The molecule has 0 bridgehead atoms. The molecule has 0 fully saturated rings. The van der Waals surface area contributed by atoms with E-state index in [1.54, 1.807) is 40.7 Å². The smallest absolute Gasteiger partial charge is 0.207 e. The molecule has 2 N–H and O–H groups in total. The highest BCUT2D eigenvalue weighted by molar-refractivity contribution is 7.91. The molecule has 0 aliphatic heterocycles. The third kappa shape index (κ3) is 2.46. The van der Waals surface area contributed by atoms with Crippen LogP contribution in [-0.4, -0.2) is 18.6 Å². The lowest BCUT2D eigenvalue weighted by molar-refractivity contribution is 0.463. The maximum Gasteiger partial charge on any atom is 0.207 e. The summed E-state index contributed by atoms with van der Waals surface area (Å²) in [6.45, 7) is 8.56. The van der Waals surface area contributed by atoms with E-state index in [4.69, 9.17) is 0 Å². The summed E-state index contributed by atoms with van der Waals surface area (Å²) in [5.74, 6) is -0.0593. The van der Waals surface area contributed by atoms with Crippen LogP contribution in [0.4, 0.5) is 0 Å². The molecular weight excluding hydrogens is 300 g/mol. The lowest BCUT2D eigenvalue weighted by atomic mass is 10.1. The van der Waals surface area contributed by atoms with Crippen molar-refractivity contribution in [3.8, 4) is 11.5 Å². The van der Waals surface area contributed by atoms with Gasteiger partial charge in [-0.25, -0.2) is 8.42 Å². The summed E-state index contributed by atoms with van der Waals surface area (Å²) in [6, 6.07) is 4.35. The van der Waals surface area contributed by atoms with E-state index in [0.29, 0.717) is 27.8 Å². The molecule has 0 aromatic heterocycles. The number of aryl methyl sites for hydroxylation is 2. The zero-order chi connectivity index (χ0) is 16.8. The first-order valence-corrected chi connectivity index (χ1v) is 8.40. The van der Waals surface area contributed by atoms with Crippen LogP contribution in [-0.2, 0) is 9.84 Å². The molecule has 118 valence electrons. The van der Waals surface area contributed by atoms with Gasteiger partial charge >= 0.3 is 0 Å². The normalized spacial score (nSPS) is 11.7. The molecule has 0 saturated heterocycles. The predicted molar refractivity (Wildman–Crippen MR) is 85.4 cm³/mol. The van der Waals surface area contributed by atoms with Crippen molar-refractivity contribution in [3.05, 3.63) is 46.0 Å². The highest BCUT2D eigenvalue weighted by atomic mass is 32.2. The summed E-state index contributed by atoms with van der Waals surface area (Å²) in [4.78, 5) is 0.0922. The first-order chi connectivity index (χ1) is 10.1. The maximum absolute atomic E-state index is 12.9. The van der Waals surface area contributed by atoms with Crippen molar-refractivity contribution in [2.45, 2.75) is 44.4 Å². The van der Waals surface area contributed by atoms with Crippen molar-refractivity contribution in [1.29, 1.82) is 0 Å². The molecule has 0 atom stereocenters. The van der Waals surface area contributed by atoms with Crippen LogP contribution >= 0.6 is 0 Å². The van der Waals surface area contributed by atoms with Crippen LogP contribution < -0.4 is 0 Å². The average molecular weight is 320 g/mol. The number of hydrogen-bond acceptors (Lipinski definition) is 4. The zero-order valence-electron chi connectivity index (χ0n) is 13.4. The van der Waals surface area contributed by atoms with E-state index in [1.165, 1.54) is 12.1 Å². The number of hydrogen-bond donors (Lipinski definition) is 2. The van der Waals surface area contributed by atoms with Gasteiger partial charge in [0, 0.05) is 5.56 Å². The molecule has 0 amide bonds. The first kappa shape index (κ1) is 16.4. The fraction of sp³-hybridized carbons (Fsp3) is 0.294. The Labute approximate surface area is 131 Å². The molecule has 0 saturated carbocycles. The summed E-state index contributed by atoms with van der Waals surface area (Å²) in [5, 5.41) is 20.0. The number of phenols is 2. The van der Waals surface area contributed by atoms with Gasteiger partial charge in [-0.1, -0.05) is 0 Å². The summed E-state index contributed by atoms with van der Waals surface area (Å²) in [7, 11) is -3.81. The standard InChI is InChI=1S/C17H20O4S/c1-9-6-14(8-15(18)11(9)3)22(20,21)16-7-10(2)12(4)17(19)13(16)5/h6-8,18-19H,1-5H3. The Kier molecular flexibility index (Phi) is 3.96.